The zero-order chi connectivity index (χ0) is 22.8. The molecule has 4 rings (SSSR count). The van der Waals surface area contributed by atoms with Crippen molar-refractivity contribution >= 4 is 34.7 Å². The smallest absolute Gasteiger partial charge is 0.266 e. The van der Waals surface area contributed by atoms with Gasteiger partial charge in [-0.25, -0.2) is 4.39 Å². The molecule has 0 aliphatic rings. The van der Waals surface area contributed by atoms with E-state index in [1.54, 1.807) is 30.3 Å². The highest BCUT2D eigenvalue weighted by Crippen LogP contribution is 2.29. The van der Waals surface area contributed by atoms with Gasteiger partial charge in [-0.1, -0.05) is 0 Å². The molecule has 0 fully saturated rings. The maximum absolute atomic E-state index is 13.2. The molecule has 162 valence electrons. The van der Waals surface area contributed by atoms with Crippen LogP contribution in [-0.2, 0) is 0 Å². The number of methoxy groups -OCH3 is 2. The van der Waals surface area contributed by atoms with Crippen molar-refractivity contribution in [2.75, 3.05) is 19.5 Å². The van der Waals surface area contributed by atoms with Crippen LogP contribution in [-0.4, -0.2) is 29.7 Å². The molecule has 4 aromatic rings. The molecule has 0 radical (unpaired) electrons. The van der Waals surface area contributed by atoms with Gasteiger partial charge in [0.2, 0.25) is 0 Å². The number of hydrogen-bond donors (Lipinski definition) is 2. The van der Waals surface area contributed by atoms with Crippen molar-refractivity contribution in [1.82, 2.24) is 9.55 Å². The van der Waals surface area contributed by atoms with E-state index in [0.717, 1.165) is 0 Å². The number of H-pyrrole nitrogens is 1. The van der Waals surface area contributed by atoms with Gasteiger partial charge in [0.25, 0.3) is 11.5 Å². The summed E-state index contributed by atoms with van der Waals surface area (Å²) in [5.74, 6) is 0.216. The highest BCUT2D eigenvalue weighted by atomic mass is 32.1. The molecule has 0 unspecified atom stereocenters. The SMILES string of the molecule is COc1ccc(OC)c(NC(=O)c2ccc3c(=O)n(-c4ccc(F)cc4)c(=S)[nH]c3c2)c1. The third-order valence-corrected chi connectivity index (χ3v) is 5.18. The maximum Gasteiger partial charge on any atom is 0.266 e. The van der Waals surface area contributed by atoms with Gasteiger partial charge in [0, 0.05) is 11.6 Å². The molecule has 2 N–H and O–H groups in total. The zero-order valence-electron chi connectivity index (χ0n) is 17.1. The number of nitrogens with zero attached hydrogens (tertiary/aromatic N) is 1. The number of halogens is 1. The van der Waals surface area contributed by atoms with E-state index in [9.17, 15) is 14.0 Å². The molecule has 0 atom stereocenters. The van der Waals surface area contributed by atoms with Crippen LogP contribution in [0.4, 0.5) is 10.1 Å². The predicted octanol–water partition coefficient (Wildman–Crippen LogP) is 4.46. The second kappa shape index (κ2) is 8.64. The van der Waals surface area contributed by atoms with E-state index >= 15 is 0 Å². The molecule has 7 nitrogen and oxygen atoms in total. The van der Waals surface area contributed by atoms with Gasteiger partial charge in [0.15, 0.2) is 4.77 Å². The highest BCUT2D eigenvalue weighted by molar-refractivity contribution is 7.71. The number of benzene rings is 3. The molecule has 0 saturated heterocycles. The van der Waals surface area contributed by atoms with Crippen LogP contribution < -0.4 is 20.3 Å². The van der Waals surface area contributed by atoms with Crippen molar-refractivity contribution in [3.63, 3.8) is 0 Å². The van der Waals surface area contributed by atoms with Crippen molar-refractivity contribution in [3.8, 4) is 17.2 Å². The van der Waals surface area contributed by atoms with Crippen LogP contribution in [0.2, 0.25) is 0 Å². The average molecular weight is 451 g/mol. The quantitative estimate of drug-likeness (QED) is 0.438. The Morgan fingerprint density at radius 3 is 2.47 bits per heavy atom. The molecule has 1 heterocycles. The minimum atomic E-state index is -0.416. The summed E-state index contributed by atoms with van der Waals surface area (Å²) in [6.45, 7) is 0. The third kappa shape index (κ3) is 3.97. The van der Waals surface area contributed by atoms with E-state index in [0.29, 0.717) is 39.3 Å². The summed E-state index contributed by atoms with van der Waals surface area (Å²) >= 11 is 5.34. The molecule has 0 bridgehead atoms. The van der Waals surface area contributed by atoms with Gasteiger partial charge in [-0.15, -0.1) is 0 Å². The van der Waals surface area contributed by atoms with Crippen LogP contribution in [0.1, 0.15) is 10.4 Å². The van der Waals surface area contributed by atoms with Crippen molar-refractivity contribution in [1.29, 1.82) is 0 Å². The molecule has 1 aromatic heterocycles. The number of rotatable bonds is 5. The van der Waals surface area contributed by atoms with Crippen LogP contribution in [0.5, 0.6) is 11.5 Å². The van der Waals surface area contributed by atoms with Gasteiger partial charge < -0.3 is 19.8 Å². The second-order valence-electron chi connectivity index (χ2n) is 6.83. The van der Waals surface area contributed by atoms with Gasteiger partial charge in [0.1, 0.15) is 17.3 Å². The molecule has 0 spiro atoms. The van der Waals surface area contributed by atoms with Crippen molar-refractivity contribution < 1.29 is 18.7 Å². The van der Waals surface area contributed by atoms with Crippen molar-refractivity contribution in [3.05, 3.63) is 87.2 Å². The minimum Gasteiger partial charge on any atom is -0.497 e. The van der Waals surface area contributed by atoms with Crippen molar-refractivity contribution in [2.45, 2.75) is 0 Å². The summed E-state index contributed by atoms with van der Waals surface area (Å²) in [5, 5.41) is 3.12. The first-order chi connectivity index (χ1) is 15.4. The Morgan fingerprint density at radius 2 is 1.78 bits per heavy atom. The summed E-state index contributed by atoms with van der Waals surface area (Å²) in [6, 6.07) is 15.1. The molecular formula is C23H18FN3O4S. The number of nitrogens with one attached hydrogen (secondary N) is 2. The molecule has 3 aromatic carbocycles. The van der Waals surface area contributed by atoms with E-state index < -0.39 is 11.7 Å². The fourth-order valence-corrected chi connectivity index (χ4v) is 3.59. The number of ether oxygens (including phenoxy) is 2. The van der Waals surface area contributed by atoms with E-state index in [4.69, 9.17) is 21.7 Å². The highest BCUT2D eigenvalue weighted by Gasteiger charge is 2.14. The number of hydrogen-bond acceptors (Lipinski definition) is 5. The van der Waals surface area contributed by atoms with Crippen LogP contribution in [0.15, 0.2) is 65.5 Å². The molecule has 0 aliphatic carbocycles. The maximum atomic E-state index is 13.2. The first kappa shape index (κ1) is 21.3. The molecule has 0 aliphatic heterocycles. The number of fused-ring (bicyclic) bond motifs is 1. The Balaban J connectivity index is 1.72. The lowest BCUT2D eigenvalue weighted by Crippen LogP contribution is -2.21. The standard InChI is InChI=1S/C23H18FN3O4S/c1-30-16-8-10-20(31-2)19(12-16)25-21(28)13-3-9-17-18(11-13)26-23(32)27(22(17)29)15-6-4-14(24)5-7-15/h3-12H,1-2H3,(H,25,28)(H,26,32). The average Bonchev–Trinajstić information content (AvgIpc) is 2.79. The lowest BCUT2D eigenvalue weighted by atomic mass is 10.1. The summed E-state index contributed by atoms with van der Waals surface area (Å²) in [6.07, 6.45) is 0. The Kier molecular flexibility index (Phi) is 5.74. The fourth-order valence-electron chi connectivity index (χ4n) is 3.29. The van der Waals surface area contributed by atoms with E-state index in [1.807, 2.05) is 0 Å². The van der Waals surface area contributed by atoms with E-state index in [2.05, 4.69) is 10.3 Å². The molecule has 1 amide bonds. The topological polar surface area (TPSA) is 85.3 Å². The van der Waals surface area contributed by atoms with Crippen LogP contribution in [0.25, 0.3) is 16.6 Å². The van der Waals surface area contributed by atoms with Gasteiger partial charge in [-0.05, 0) is 66.8 Å². The summed E-state index contributed by atoms with van der Waals surface area (Å²) < 4.78 is 25.1. The lowest BCUT2D eigenvalue weighted by molar-refractivity contribution is 0.102. The largest absolute Gasteiger partial charge is 0.497 e. The third-order valence-electron chi connectivity index (χ3n) is 4.90. The molecule has 32 heavy (non-hydrogen) atoms. The number of aromatic nitrogens is 2. The van der Waals surface area contributed by atoms with Crippen LogP contribution in [0, 0.1) is 10.6 Å². The minimum absolute atomic E-state index is 0.126. The number of amides is 1. The molecule has 0 saturated carbocycles. The Bertz CT molecular complexity index is 1440. The van der Waals surface area contributed by atoms with Crippen LogP contribution >= 0.6 is 12.2 Å². The second-order valence-corrected chi connectivity index (χ2v) is 7.21. The number of anilines is 1. The first-order valence-electron chi connectivity index (χ1n) is 9.49. The van der Waals surface area contributed by atoms with Gasteiger partial charge in [0.05, 0.1) is 36.5 Å². The van der Waals surface area contributed by atoms with E-state index in [1.165, 1.54) is 49.1 Å². The predicted molar refractivity (Wildman–Crippen MR) is 122 cm³/mol. The number of carbonyl (C=O) groups is 1. The van der Waals surface area contributed by atoms with Gasteiger partial charge in [-0.2, -0.15) is 0 Å². The normalized spacial score (nSPS) is 10.7. The summed E-state index contributed by atoms with van der Waals surface area (Å²) in [4.78, 5) is 28.8. The Morgan fingerprint density at radius 1 is 1.03 bits per heavy atom. The van der Waals surface area contributed by atoms with Crippen LogP contribution in [0.3, 0.4) is 0 Å². The van der Waals surface area contributed by atoms with Gasteiger partial charge >= 0.3 is 0 Å². The van der Waals surface area contributed by atoms with Crippen molar-refractivity contribution in [2.24, 2.45) is 0 Å². The fraction of sp³-hybridized carbons (Fsp3) is 0.0870. The number of aromatic amines is 1. The summed E-state index contributed by atoms with van der Waals surface area (Å²) in [5.41, 5.74) is 1.22. The Labute approximate surface area is 187 Å². The number of carbonyl (C=O) groups excluding carboxylic acids is 1. The van der Waals surface area contributed by atoms with Gasteiger partial charge in [-0.3, -0.25) is 14.2 Å². The molecular weight excluding hydrogens is 433 g/mol. The zero-order valence-corrected chi connectivity index (χ0v) is 18.0. The van der Waals surface area contributed by atoms with E-state index in [-0.39, 0.29) is 10.3 Å². The monoisotopic (exact) mass is 451 g/mol. The molecule has 9 heteroatoms. The first-order valence-corrected chi connectivity index (χ1v) is 9.90. The summed E-state index contributed by atoms with van der Waals surface area (Å²) in [7, 11) is 3.03. The Hall–Kier alpha value is -3.98. The lowest BCUT2D eigenvalue weighted by Gasteiger charge is -2.12.